The van der Waals surface area contributed by atoms with Gasteiger partial charge in [0.05, 0.1) is 5.75 Å². The second kappa shape index (κ2) is 5.30. The van der Waals surface area contributed by atoms with Crippen molar-refractivity contribution in [1.29, 1.82) is 0 Å². The van der Waals surface area contributed by atoms with Crippen LogP contribution in [0.25, 0.3) is 0 Å². The van der Waals surface area contributed by atoms with Crippen LogP contribution in [0.5, 0.6) is 0 Å². The van der Waals surface area contributed by atoms with E-state index in [-0.39, 0.29) is 5.24 Å². The van der Waals surface area contributed by atoms with Gasteiger partial charge in [0, 0.05) is 4.90 Å². The number of thioether (sulfide) groups is 1. The Balaban J connectivity index is 2.54. The van der Waals surface area contributed by atoms with E-state index in [0.717, 1.165) is 11.3 Å². The van der Waals surface area contributed by atoms with Crippen LogP contribution in [0.2, 0.25) is 0 Å². The van der Waals surface area contributed by atoms with Crippen molar-refractivity contribution in [3.8, 4) is 0 Å². The van der Waals surface area contributed by atoms with Crippen LogP contribution in [-0.4, -0.2) is 11.0 Å². The largest absolute Gasteiger partial charge is 0.280 e. The Morgan fingerprint density at radius 3 is 2.46 bits per heavy atom. The third-order valence-electron chi connectivity index (χ3n) is 1.68. The predicted octanol–water partition coefficient (Wildman–Crippen LogP) is 3.11. The van der Waals surface area contributed by atoms with Gasteiger partial charge in [0.15, 0.2) is 0 Å². The van der Waals surface area contributed by atoms with Crippen LogP contribution in [0.3, 0.4) is 0 Å². The second-order valence-electron chi connectivity index (χ2n) is 2.64. The minimum absolute atomic E-state index is 0.301. The SMILES string of the molecule is CCc1ccc(SCC(=O)Cl)cc1. The molecule has 0 radical (unpaired) electrons. The van der Waals surface area contributed by atoms with Gasteiger partial charge in [-0.05, 0) is 35.7 Å². The lowest BCUT2D eigenvalue weighted by molar-refractivity contribution is -0.109. The molecule has 13 heavy (non-hydrogen) atoms. The maximum absolute atomic E-state index is 10.5. The molecule has 0 saturated carbocycles. The number of hydrogen-bond donors (Lipinski definition) is 0. The summed E-state index contributed by atoms with van der Waals surface area (Å²) in [5.74, 6) is 0.340. The van der Waals surface area contributed by atoms with Gasteiger partial charge in [-0.15, -0.1) is 11.8 Å². The zero-order valence-corrected chi connectivity index (χ0v) is 8.99. The average molecular weight is 215 g/mol. The summed E-state index contributed by atoms with van der Waals surface area (Å²) >= 11 is 6.69. The molecule has 0 aromatic heterocycles. The van der Waals surface area contributed by atoms with Crippen molar-refractivity contribution >= 4 is 28.6 Å². The molecule has 1 rings (SSSR count). The Hall–Kier alpha value is -0.470. The van der Waals surface area contributed by atoms with Crippen LogP contribution >= 0.6 is 23.4 Å². The lowest BCUT2D eigenvalue weighted by atomic mass is 10.2. The molecule has 0 heterocycles. The molecule has 1 aromatic rings. The summed E-state index contributed by atoms with van der Waals surface area (Å²) in [6.45, 7) is 2.12. The van der Waals surface area contributed by atoms with E-state index in [1.807, 2.05) is 12.1 Å². The molecule has 0 atom stereocenters. The molecule has 0 aliphatic carbocycles. The molecule has 1 nitrogen and oxygen atoms in total. The standard InChI is InChI=1S/C10H11ClOS/c1-2-8-3-5-9(6-4-8)13-7-10(11)12/h3-6H,2,7H2,1H3. The van der Waals surface area contributed by atoms with E-state index in [1.165, 1.54) is 17.3 Å². The van der Waals surface area contributed by atoms with Gasteiger partial charge < -0.3 is 0 Å². The number of hydrogen-bond acceptors (Lipinski definition) is 2. The van der Waals surface area contributed by atoms with Gasteiger partial charge >= 0.3 is 0 Å². The molecule has 0 amide bonds. The van der Waals surface area contributed by atoms with Gasteiger partial charge in [-0.2, -0.15) is 0 Å². The van der Waals surface area contributed by atoms with Crippen molar-refractivity contribution in [3.63, 3.8) is 0 Å². The first kappa shape index (κ1) is 10.6. The van der Waals surface area contributed by atoms with E-state index in [4.69, 9.17) is 11.6 Å². The Bertz CT molecular complexity index is 281. The van der Waals surface area contributed by atoms with Crippen LogP contribution in [0.1, 0.15) is 12.5 Å². The van der Waals surface area contributed by atoms with Gasteiger partial charge in [-0.1, -0.05) is 19.1 Å². The molecule has 1 aromatic carbocycles. The summed E-state index contributed by atoms with van der Waals surface area (Å²) in [5, 5.41) is -0.301. The van der Waals surface area contributed by atoms with Crippen molar-refractivity contribution in [1.82, 2.24) is 0 Å². The van der Waals surface area contributed by atoms with E-state index >= 15 is 0 Å². The van der Waals surface area contributed by atoms with Crippen molar-refractivity contribution in [2.45, 2.75) is 18.2 Å². The van der Waals surface area contributed by atoms with Gasteiger partial charge in [-0.25, -0.2) is 0 Å². The summed E-state index contributed by atoms with van der Waals surface area (Å²) in [6.07, 6.45) is 1.04. The molecule has 0 aliphatic heterocycles. The molecule has 0 unspecified atom stereocenters. The maximum atomic E-state index is 10.5. The second-order valence-corrected chi connectivity index (χ2v) is 4.11. The van der Waals surface area contributed by atoms with E-state index in [0.29, 0.717) is 5.75 Å². The highest BCUT2D eigenvalue weighted by molar-refractivity contribution is 8.00. The number of carbonyl (C=O) groups excluding carboxylic acids is 1. The molecular weight excluding hydrogens is 204 g/mol. The van der Waals surface area contributed by atoms with Crippen LogP contribution < -0.4 is 0 Å². The van der Waals surface area contributed by atoms with Crippen molar-refractivity contribution in [2.24, 2.45) is 0 Å². The van der Waals surface area contributed by atoms with Crippen LogP contribution in [0, 0.1) is 0 Å². The number of aryl methyl sites for hydroxylation is 1. The first-order valence-corrected chi connectivity index (χ1v) is 5.49. The lowest BCUT2D eigenvalue weighted by Crippen LogP contribution is -1.89. The molecule has 0 N–H and O–H groups in total. The summed E-state index contributed by atoms with van der Waals surface area (Å²) in [6, 6.07) is 8.18. The fourth-order valence-corrected chi connectivity index (χ4v) is 1.73. The molecular formula is C10H11ClOS. The Labute approximate surface area is 87.5 Å². The quantitative estimate of drug-likeness (QED) is 0.566. The summed E-state index contributed by atoms with van der Waals surface area (Å²) in [5.41, 5.74) is 1.31. The molecule has 3 heteroatoms. The predicted molar refractivity (Wildman–Crippen MR) is 57.4 cm³/mol. The number of halogens is 1. The van der Waals surface area contributed by atoms with Gasteiger partial charge in [0.2, 0.25) is 5.24 Å². The van der Waals surface area contributed by atoms with Crippen LogP contribution in [0.15, 0.2) is 29.2 Å². The van der Waals surface area contributed by atoms with Crippen LogP contribution in [-0.2, 0) is 11.2 Å². The molecule has 0 saturated heterocycles. The van der Waals surface area contributed by atoms with Gasteiger partial charge in [0.25, 0.3) is 0 Å². The highest BCUT2D eigenvalue weighted by atomic mass is 35.5. The lowest BCUT2D eigenvalue weighted by Gasteiger charge is -1.99. The normalized spacial score (nSPS) is 10.0. The van der Waals surface area contributed by atoms with Gasteiger partial charge in [0.1, 0.15) is 0 Å². The summed E-state index contributed by atoms with van der Waals surface area (Å²) < 4.78 is 0. The zero-order chi connectivity index (χ0) is 9.68. The van der Waals surface area contributed by atoms with Crippen molar-refractivity contribution in [3.05, 3.63) is 29.8 Å². The third-order valence-corrected chi connectivity index (χ3v) is 2.99. The fraction of sp³-hybridized carbons (Fsp3) is 0.300. The van der Waals surface area contributed by atoms with Crippen molar-refractivity contribution in [2.75, 3.05) is 5.75 Å². The average Bonchev–Trinajstić information content (AvgIpc) is 2.15. The van der Waals surface area contributed by atoms with Crippen molar-refractivity contribution < 1.29 is 4.79 Å². The Morgan fingerprint density at radius 1 is 1.38 bits per heavy atom. The van der Waals surface area contributed by atoms with E-state index in [1.54, 1.807) is 0 Å². The first-order valence-electron chi connectivity index (χ1n) is 4.12. The number of rotatable bonds is 4. The minimum Gasteiger partial charge on any atom is -0.280 e. The monoisotopic (exact) mass is 214 g/mol. The maximum Gasteiger partial charge on any atom is 0.231 e. The zero-order valence-electron chi connectivity index (χ0n) is 7.42. The molecule has 0 bridgehead atoms. The molecule has 70 valence electrons. The van der Waals surface area contributed by atoms with E-state index < -0.39 is 0 Å². The molecule has 0 spiro atoms. The smallest absolute Gasteiger partial charge is 0.231 e. The molecule has 0 fully saturated rings. The first-order chi connectivity index (χ1) is 6.22. The van der Waals surface area contributed by atoms with Gasteiger partial charge in [-0.3, -0.25) is 4.79 Å². The Morgan fingerprint density at radius 2 is 2.00 bits per heavy atom. The topological polar surface area (TPSA) is 17.1 Å². The summed E-state index contributed by atoms with van der Waals surface area (Å²) in [4.78, 5) is 11.6. The molecule has 0 aliphatic rings. The fourth-order valence-electron chi connectivity index (χ4n) is 0.961. The summed E-state index contributed by atoms with van der Waals surface area (Å²) in [7, 11) is 0. The number of benzene rings is 1. The van der Waals surface area contributed by atoms with E-state index in [9.17, 15) is 4.79 Å². The number of carbonyl (C=O) groups is 1. The van der Waals surface area contributed by atoms with E-state index in [2.05, 4.69) is 19.1 Å². The van der Waals surface area contributed by atoms with Crippen LogP contribution in [0.4, 0.5) is 0 Å². The minimum atomic E-state index is -0.301. The Kier molecular flexibility index (Phi) is 4.33. The highest BCUT2D eigenvalue weighted by Crippen LogP contribution is 2.18. The highest BCUT2D eigenvalue weighted by Gasteiger charge is 1.98. The third kappa shape index (κ3) is 3.83.